The molecular formula is C16H21NO5. The molecule has 0 aliphatic rings. The van der Waals surface area contributed by atoms with E-state index in [0.29, 0.717) is 5.56 Å². The molecule has 22 heavy (non-hydrogen) atoms. The Morgan fingerprint density at radius 1 is 1.09 bits per heavy atom. The summed E-state index contributed by atoms with van der Waals surface area (Å²) in [7, 11) is 1.20. The van der Waals surface area contributed by atoms with Gasteiger partial charge in [-0.2, -0.15) is 0 Å². The third-order valence-corrected chi connectivity index (χ3v) is 2.73. The van der Waals surface area contributed by atoms with Crippen molar-refractivity contribution in [1.29, 1.82) is 0 Å². The summed E-state index contributed by atoms with van der Waals surface area (Å²) in [5.74, 6) is -1.32. The van der Waals surface area contributed by atoms with Gasteiger partial charge in [-0.25, -0.2) is 14.5 Å². The minimum absolute atomic E-state index is 0.468. The number of esters is 1. The Morgan fingerprint density at radius 2 is 1.64 bits per heavy atom. The molecule has 0 spiro atoms. The van der Waals surface area contributed by atoms with Crippen molar-refractivity contribution in [2.75, 3.05) is 7.11 Å². The molecule has 1 rings (SSSR count). The van der Waals surface area contributed by atoms with Crippen molar-refractivity contribution < 1.29 is 23.9 Å². The molecule has 0 aliphatic carbocycles. The molecule has 0 saturated carbocycles. The second-order valence-corrected chi connectivity index (χ2v) is 5.71. The van der Waals surface area contributed by atoms with Crippen molar-refractivity contribution in [3.05, 3.63) is 35.9 Å². The lowest BCUT2D eigenvalue weighted by molar-refractivity contribution is -0.152. The highest BCUT2D eigenvalue weighted by Gasteiger charge is 2.37. The van der Waals surface area contributed by atoms with Crippen LogP contribution in [0.3, 0.4) is 0 Å². The van der Waals surface area contributed by atoms with Crippen molar-refractivity contribution in [3.8, 4) is 0 Å². The molecule has 1 aromatic rings. The Hall–Kier alpha value is -2.37. The zero-order valence-corrected chi connectivity index (χ0v) is 13.5. The van der Waals surface area contributed by atoms with Crippen LogP contribution in [0.1, 0.15) is 39.3 Å². The molecule has 0 fully saturated rings. The van der Waals surface area contributed by atoms with Gasteiger partial charge in [0.1, 0.15) is 5.60 Å². The lowest BCUT2D eigenvalue weighted by Gasteiger charge is -2.30. The van der Waals surface area contributed by atoms with E-state index in [0.717, 1.165) is 4.90 Å². The lowest BCUT2D eigenvalue weighted by atomic mass is 10.1. The molecule has 0 bridgehead atoms. The van der Waals surface area contributed by atoms with Crippen molar-refractivity contribution in [1.82, 2.24) is 4.90 Å². The highest BCUT2D eigenvalue weighted by molar-refractivity contribution is 5.96. The molecule has 0 radical (unpaired) electrons. The van der Waals surface area contributed by atoms with Gasteiger partial charge in [-0.3, -0.25) is 4.79 Å². The largest absolute Gasteiger partial charge is 0.467 e. The van der Waals surface area contributed by atoms with Crippen LogP contribution in [0, 0.1) is 0 Å². The van der Waals surface area contributed by atoms with E-state index in [-0.39, 0.29) is 0 Å². The zero-order valence-electron chi connectivity index (χ0n) is 13.5. The molecule has 2 amide bonds. The number of carbonyl (C=O) groups excluding carboxylic acids is 3. The maximum absolute atomic E-state index is 12.3. The predicted molar refractivity (Wildman–Crippen MR) is 80.0 cm³/mol. The highest BCUT2D eigenvalue weighted by atomic mass is 16.6. The number of nitrogens with zero attached hydrogens (tertiary/aromatic N) is 1. The van der Waals surface area contributed by atoms with Crippen LogP contribution >= 0.6 is 0 Å². The summed E-state index contributed by atoms with van der Waals surface area (Å²) in [5.41, 5.74) is -0.322. The van der Waals surface area contributed by atoms with Crippen LogP contribution in [-0.4, -0.2) is 35.6 Å². The standard InChI is InChI=1S/C16H21NO5/c1-11(18)17(15(20)22-16(2,3)4)13(14(19)21-5)12-9-7-6-8-10-12/h6-10,13H,1-5H3/t13-/m1/s1. The van der Waals surface area contributed by atoms with Crippen molar-refractivity contribution in [3.63, 3.8) is 0 Å². The van der Waals surface area contributed by atoms with Crippen LogP contribution in [0.2, 0.25) is 0 Å². The summed E-state index contributed by atoms with van der Waals surface area (Å²) in [6.07, 6.45) is -0.890. The fourth-order valence-corrected chi connectivity index (χ4v) is 1.86. The number of amides is 2. The van der Waals surface area contributed by atoms with E-state index in [1.807, 2.05) is 0 Å². The van der Waals surface area contributed by atoms with Crippen molar-refractivity contribution in [2.45, 2.75) is 39.3 Å². The normalized spacial score (nSPS) is 12.2. The number of methoxy groups -OCH3 is 1. The first kappa shape index (κ1) is 17.7. The summed E-state index contributed by atoms with van der Waals surface area (Å²) >= 11 is 0. The maximum atomic E-state index is 12.3. The number of imide groups is 1. The Balaban J connectivity index is 3.25. The van der Waals surface area contributed by atoms with Gasteiger partial charge in [-0.15, -0.1) is 0 Å². The van der Waals surface area contributed by atoms with Gasteiger partial charge in [0.25, 0.3) is 0 Å². The van der Waals surface area contributed by atoms with Gasteiger partial charge in [0.05, 0.1) is 7.11 Å². The molecule has 0 saturated heterocycles. The van der Waals surface area contributed by atoms with Gasteiger partial charge in [0.2, 0.25) is 5.91 Å². The number of hydrogen-bond acceptors (Lipinski definition) is 5. The smallest absolute Gasteiger partial charge is 0.418 e. The summed E-state index contributed by atoms with van der Waals surface area (Å²) < 4.78 is 9.95. The van der Waals surface area contributed by atoms with Crippen LogP contribution in [0.5, 0.6) is 0 Å². The van der Waals surface area contributed by atoms with Gasteiger partial charge in [0, 0.05) is 6.92 Å². The third-order valence-electron chi connectivity index (χ3n) is 2.73. The van der Waals surface area contributed by atoms with E-state index in [1.54, 1.807) is 51.1 Å². The highest BCUT2D eigenvalue weighted by Crippen LogP contribution is 2.24. The summed E-state index contributed by atoms with van der Waals surface area (Å²) in [5, 5.41) is 0. The summed E-state index contributed by atoms with van der Waals surface area (Å²) in [6.45, 7) is 6.24. The molecular weight excluding hydrogens is 286 g/mol. The van der Waals surface area contributed by atoms with Gasteiger partial charge in [0.15, 0.2) is 6.04 Å². The van der Waals surface area contributed by atoms with Gasteiger partial charge < -0.3 is 9.47 Å². The average molecular weight is 307 g/mol. The van der Waals surface area contributed by atoms with E-state index < -0.39 is 29.6 Å². The van der Waals surface area contributed by atoms with Crippen LogP contribution in [0.15, 0.2) is 30.3 Å². The Kier molecular flexibility index (Phi) is 5.68. The maximum Gasteiger partial charge on any atom is 0.418 e. The molecule has 1 atom stereocenters. The van der Waals surface area contributed by atoms with E-state index in [1.165, 1.54) is 14.0 Å². The van der Waals surface area contributed by atoms with Crippen LogP contribution in [-0.2, 0) is 19.1 Å². The first-order valence-corrected chi connectivity index (χ1v) is 6.83. The van der Waals surface area contributed by atoms with Crippen LogP contribution < -0.4 is 0 Å². The van der Waals surface area contributed by atoms with E-state index in [4.69, 9.17) is 9.47 Å². The summed E-state index contributed by atoms with van der Waals surface area (Å²) in [4.78, 5) is 37.1. The lowest BCUT2D eigenvalue weighted by Crippen LogP contribution is -2.45. The molecule has 120 valence electrons. The van der Waals surface area contributed by atoms with Gasteiger partial charge >= 0.3 is 12.1 Å². The quantitative estimate of drug-likeness (QED) is 0.803. The first-order valence-electron chi connectivity index (χ1n) is 6.83. The second kappa shape index (κ2) is 7.06. The topological polar surface area (TPSA) is 72.9 Å². The Morgan fingerprint density at radius 3 is 2.05 bits per heavy atom. The fraction of sp³-hybridized carbons (Fsp3) is 0.438. The molecule has 6 heteroatoms. The number of benzene rings is 1. The summed E-state index contributed by atoms with van der Waals surface area (Å²) in [6, 6.07) is 7.28. The average Bonchev–Trinajstić information content (AvgIpc) is 2.42. The van der Waals surface area contributed by atoms with Crippen molar-refractivity contribution in [2.24, 2.45) is 0 Å². The number of ether oxygens (including phenoxy) is 2. The van der Waals surface area contributed by atoms with Crippen LogP contribution in [0.4, 0.5) is 4.79 Å². The molecule has 0 heterocycles. The molecule has 0 aromatic heterocycles. The molecule has 1 aromatic carbocycles. The minimum atomic E-state index is -1.18. The van der Waals surface area contributed by atoms with Gasteiger partial charge in [-0.05, 0) is 26.3 Å². The van der Waals surface area contributed by atoms with E-state index >= 15 is 0 Å². The van der Waals surface area contributed by atoms with Crippen LogP contribution in [0.25, 0.3) is 0 Å². The van der Waals surface area contributed by atoms with E-state index in [2.05, 4.69) is 0 Å². The Labute approximate surface area is 130 Å². The third kappa shape index (κ3) is 4.58. The molecule has 0 unspecified atom stereocenters. The SMILES string of the molecule is COC(=O)[C@@H](c1ccccc1)N(C(C)=O)C(=O)OC(C)(C)C. The zero-order chi connectivity index (χ0) is 16.9. The fourth-order valence-electron chi connectivity index (χ4n) is 1.86. The second-order valence-electron chi connectivity index (χ2n) is 5.71. The number of hydrogen-bond donors (Lipinski definition) is 0. The number of carbonyl (C=O) groups is 3. The van der Waals surface area contributed by atoms with E-state index in [9.17, 15) is 14.4 Å². The minimum Gasteiger partial charge on any atom is -0.467 e. The first-order chi connectivity index (χ1) is 10.2. The Bertz CT molecular complexity index is 547. The van der Waals surface area contributed by atoms with Gasteiger partial charge in [-0.1, -0.05) is 30.3 Å². The van der Waals surface area contributed by atoms with Crippen molar-refractivity contribution >= 4 is 18.0 Å². The number of rotatable bonds is 3. The molecule has 0 aliphatic heterocycles. The monoisotopic (exact) mass is 307 g/mol. The predicted octanol–water partition coefficient (Wildman–Crippen LogP) is 2.68. The molecule has 0 N–H and O–H groups in total. The molecule has 6 nitrogen and oxygen atoms in total.